The lowest BCUT2D eigenvalue weighted by Crippen LogP contribution is -2.10. The van der Waals surface area contributed by atoms with Gasteiger partial charge in [0.2, 0.25) is 0 Å². The molecule has 0 aliphatic heterocycles. The minimum Gasteiger partial charge on any atom is -0.462 e. The molecule has 0 aromatic carbocycles. The normalized spacial score (nSPS) is 10.2. The predicted octanol–water partition coefficient (Wildman–Crippen LogP) is 1.60. The third-order valence-corrected chi connectivity index (χ3v) is 3.29. The molecule has 2 heterocycles. The van der Waals surface area contributed by atoms with Crippen molar-refractivity contribution in [2.75, 3.05) is 11.9 Å². The topological polar surface area (TPSA) is 97.0 Å². The van der Waals surface area contributed by atoms with Crippen LogP contribution in [-0.2, 0) is 4.74 Å². The fourth-order valence-electron chi connectivity index (χ4n) is 1.38. The van der Waals surface area contributed by atoms with Crippen LogP contribution in [0.4, 0.5) is 5.13 Å². The van der Waals surface area contributed by atoms with Gasteiger partial charge in [-0.15, -0.1) is 0 Å². The van der Waals surface area contributed by atoms with Gasteiger partial charge in [-0.25, -0.2) is 9.78 Å². The molecular weight excluding hydrogens is 268 g/mol. The zero-order valence-corrected chi connectivity index (χ0v) is 11.2. The Morgan fingerprint density at radius 3 is 2.95 bits per heavy atom. The first kappa shape index (κ1) is 13.2. The van der Waals surface area contributed by atoms with Crippen molar-refractivity contribution in [3.63, 3.8) is 0 Å². The standard InChI is InChI=1S/C11H12N4O3S/c1-3-18-10(17)8-6(2)14-11(19-8)15-9(16)7-4-12-13-5-7/h4-5H,3H2,1-2H3,(H,12,13)(H,14,15,16). The van der Waals surface area contributed by atoms with Crippen LogP contribution in [0.1, 0.15) is 32.6 Å². The van der Waals surface area contributed by atoms with Gasteiger partial charge in [-0.3, -0.25) is 15.2 Å². The molecule has 0 saturated carbocycles. The van der Waals surface area contributed by atoms with Gasteiger partial charge in [0.15, 0.2) is 5.13 Å². The van der Waals surface area contributed by atoms with E-state index in [2.05, 4.69) is 20.5 Å². The van der Waals surface area contributed by atoms with E-state index in [1.54, 1.807) is 13.8 Å². The summed E-state index contributed by atoms with van der Waals surface area (Å²) in [6.07, 6.45) is 2.88. The highest BCUT2D eigenvalue weighted by molar-refractivity contribution is 7.17. The third kappa shape index (κ3) is 2.97. The molecular formula is C11H12N4O3S. The number of anilines is 1. The molecule has 0 aliphatic rings. The Labute approximate surface area is 113 Å². The van der Waals surface area contributed by atoms with Crippen molar-refractivity contribution < 1.29 is 14.3 Å². The predicted molar refractivity (Wildman–Crippen MR) is 69.3 cm³/mol. The number of esters is 1. The van der Waals surface area contributed by atoms with Gasteiger partial charge in [-0.05, 0) is 13.8 Å². The molecule has 19 heavy (non-hydrogen) atoms. The maximum Gasteiger partial charge on any atom is 0.350 e. The second kappa shape index (κ2) is 5.61. The summed E-state index contributed by atoms with van der Waals surface area (Å²) in [4.78, 5) is 27.9. The quantitative estimate of drug-likeness (QED) is 0.829. The van der Waals surface area contributed by atoms with Crippen LogP contribution in [0.5, 0.6) is 0 Å². The van der Waals surface area contributed by atoms with E-state index < -0.39 is 5.97 Å². The smallest absolute Gasteiger partial charge is 0.350 e. The summed E-state index contributed by atoms with van der Waals surface area (Å²) >= 11 is 1.08. The monoisotopic (exact) mass is 280 g/mol. The molecule has 100 valence electrons. The minimum atomic E-state index is -0.429. The summed E-state index contributed by atoms with van der Waals surface area (Å²) < 4.78 is 4.90. The Morgan fingerprint density at radius 2 is 2.32 bits per heavy atom. The summed E-state index contributed by atoms with van der Waals surface area (Å²) in [7, 11) is 0. The number of ether oxygens (including phenoxy) is 1. The van der Waals surface area contributed by atoms with E-state index in [9.17, 15) is 9.59 Å². The van der Waals surface area contributed by atoms with Crippen molar-refractivity contribution in [3.8, 4) is 0 Å². The molecule has 0 saturated heterocycles. The Kier molecular flexibility index (Phi) is 3.91. The Hall–Kier alpha value is -2.22. The first-order valence-corrected chi connectivity index (χ1v) is 6.38. The van der Waals surface area contributed by atoms with Crippen LogP contribution in [-0.4, -0.2) is 33.7 Å². The number of hydrogen-bond acceptors (Lipinski definition) is 6. The van der Waals surface area contributed by atoms with Crippen molar-refractivity contribution in [2.45, 2.75) is 13.8 Å². The number of aromatic nitrogens is 3. The summed E-state index contributed by atoms with van der Waals surface area (Å²) in [5.41, 5.74) is 0.927. The number of aryl methyl sites for hydroxylation is 1. The highest BCUT2D eigenvalue weighted by Crippen LogP contribution is 2.23. The lowest BCUT2D eigenvalue weighted by molar-refractivity contribution is 0.0531. The maximum absolute atomic E-state index is 11.8. The summed E-state index contributed by atoms with van der Waals surface area (Å²) in [5, 5.41) is 9.19. The molecule has 7 nitrogen and oxygen atoms in total. The maximum atomic E-state index is 11.8. The van der Waals surface area contributed by atoms with E-state index in [0.29, 0.717) is 27.9 Å². The lowest BCUT2D eigenvalue weighted by Gasteiger charge is -1.98. The van der Waals surface area contributed by atoms with Crippen LogP contribution < -0.4 is 5.32 Å². The highest BCUT2D eigenvalue weighted by Gasteiger charge is 2.18. The van der Waals surface area contributed by atoms with Crippen molar-refractivity contribution in [3.05, 3.63) is 28.5 Å². The van der Waals surface area contributed by atoms with Crippen molar-refractivity contribution >= 4 is 28.3 Å². The van der Waals surface area contributed by atoms with E-state index in [4.69, 9.17) is 4.74 Å². The molecule has 0 unspecified atom stereocenters. The zero-order valence-electron chi connectivity index (χ0n) is 10.4. The van der Waals surface area contributed by atoms with Gasteiger partial charge in [0.1, 0.15) is 4.88 Å². The van der Waals surface area contributed by atoms with Gasteiger partial charge in [-0.1, -0.05) is 11.3 Å². The minimum absolute atomic E-state index is 0.298. The van der Waals surface area contributed by atoms with Gasteiger partial charge < -0.3 is 4.74 Å². The second-order valence-electron chi connectivity index (χ2n) is 3.60. The summed E-state index contributed by atoms with van der Waals surface area (Å²) in [5.74, 6) is -0.765. The summed E-state index contributed by atoms with van der Waals surface area (Å²) in [6, 6.07) is 0. The first-order valence-electron chi connectivity index (χ1n) is 5.56. The number of rotatable bonds is 4. The van der Waals surface area contributed by atoms with Crippen molar-refractivity contribution in [1.29, 1.82) is 0 Å². The van der Waals surface area contributed by atoms with Crippen molar-refractivity contribution in [1.82, 2.24) is 15.2 Å². The van der Waals surface area contributed by atoms with Crippen LogP contribution in [0.15, 0.2) is 12.4 Å². The average Bonchev–Trinajstić information content (AvgIpc) is 2.99. The number of hydrogen-bond donors (Lipinski definition) is 2. The zero-order chi connectivity index (χ0) is 13.8. The Bertz CT molecular complexity index is 591. The van der Waals surface area contributed by atoms with Crippen molar-refractivity contribution in [2.24, 2.45) is 0 Å². The first-order chi connectivity index (χ1) is 9.11. The van der Waals surface area contributed by atoms with Gasteiger partial charge in [-0.2, -0.15) is 5.10 Å². The lowest BCUT2D eigenvalue weighted by atomic mass is 10.3. The molecule has 0 aliphatic carbocycles. The molecule has 2 N–H and O–H groups in total. The van der Waals surface area contributed by atoms with E-state index in [1.165, 1.54) is 12.4 Å². The Balaban J connectivity index is 2.12. The average molecular weight is 280 g/mol. The number of amides is 1. The number of aromatic amines is 1. The SMILES string of the molecule is CCOC(=O)c1sc(NC(=O)c2cn[nH]c2)nc1C. The molecule has 2 aromatic heterocycles. The molecule has 0 bridgehead atoms. The van der Waals surface area contributed by atoms with Crippen LogP contribution >= 0.6 is 11.3 Å². The van der Waals surface area contributed by atoms with Gasteiger partial charge in [0, 0.05) is 6.20 Å². The number of nitrogens with one attached hydrogen (secondary N) is 2. The number of carbonyl (C=O) groups excluding carboxylic acids is 2. The number of H-pyrrole nitrogens is 1. The molecule has 0 radical (unpaired) electrons. The number of thiazole rings is 1. The van der Waals surface area contributed by atoms with E-state index in [-0.39, 0.29) is 5.91 Å². The van der Waals surface area contributed by atoms with Crippen LogP contribution in [0, 0.1) is 6.92 Å². The molecule has 2 rings (SSSR count). The largest absolute Gasteiger partial charge is 0.462 e. The van der Waals surface area contributed by atoms with E-state index >= 15 is 0 Å². The fourth-order valence-corrected chi connectivity index (χ4v) is 2.24. The molecule has 1 amide bonds. The van der Waals surface area contributed by atoms with Crippen LogP contribution in [0.3, 0.4) is 0 Å². The van der Waals surface area contributed by atoms with E-state index in [0.717, 1.165) is 11.3 Å². The number of nitrogens with zero attached hydrogens (tertiary/aromatic N) is 2. The molecule has 0 atom stereocenters. The summed E-state index contributed by atoms with van der Waals surface area (Å²) in [6.45, 7) is 3.72. The molecule has 0 spiro atoms. The molecule has 2 aromatic rings. The molecule has 8 heteroatoms. The van der Waals surface area contributed by atoms with Gasteiger partial charge in [0.25, 0.3) is 5.91 Å². The van der Waals surface area contributed by atoms with Crippen LogP contribution in [0.25, 0.3) is 0 Å². The van der Waals surface area contributed by atoms with Crippen LogP contribution in [0.2, 0.25) is 0 Å². The van der Waals surface area contributed by atoms with E-state index in [1.807, 2.05) is 0 Å². The fraction of sp³-hybridized carbons (Fsp3) is 0.273. The molecule has 0 fully saturated rings. The Morgan fingerprint density at radius 1 is 1.53 bits per heavy atom. The van der Waals surface area contributed by atoms with Gasteiger partial charge in [0.05, 0.1) is 24.1 Å². The highest BCUT2D eigenvalue weighted by atomic mass is 32.1. The van der Waals surface area contributed by atoms with Gasteiger partial charge >= 0.3 is 5.97 Å². The second-order valence-corrected chi connectivity index (χ2v) is 4.59. The number of carbonyl (C=O) groups is 2. The third-order valence-electron chi connectivity index (χ3n) is 2.24.